The van der Waals surface area contributed by atoms with E-state index in [-0.39, 0.29) is 13.0 Å². The van der Waals surface area contributed by atoms with Crippen LogP contribution in [0.5, 0.6) is 0 Å². The van der Waals surface area contributed by atoms with E-state index in [1.165, 1.54) is 0 Å². The van der Waals surface area contributed by atoms with Gasteiger partial charge in [-0.15, -0.1) is 0 Å². The van der Waals surface area contributed by atoms with Crippen molar-refractivity contribution in [2.75, 3.05) is 6.61 Å². The van der Waals surface area contributed by atoms with E-state index in [4.69, 9.17) is 9.47 Å². The van der Waals surface area contributed by atoms with E-state index in [9.17, 15) is 27.9 Å². The third-order valence-corrected chi connectivity index (χ3v) is 4.66. The van der Waals surface area contributed by atoms with Gasteiger partial charge in [0.05, 0.1) is 19.3 Å². The van der Waals surface area contributed by atoms with Crippen LogP contribution in [-0.2, 0) is 22.3 Å². The summed E-state index contributed by atoms with van der Waals surface area (Å²) in [6.45, 7) is 1.70. The summed E-state index contributed by atoms with van der Waals surface area (Å²) in [7, 11) is 0. The SMILES string of the molecule is Cc1ccccc1CO[C@H]1C[C@H](n2cc(C(F)(F)F)c(=O)[nH]c2=O)O[C@@H]1CO. The zero-order chi connectivity index (χ0) is 20.5. The minimum absolute atomic E-state index is 0.0420. The van der Waals surface area contributed by atoms with Gasteiger partial charge in [0.1, 0.15) is 17.9 Å². The Balaban J connectivity index is 1.81. The van der Waals surface area contributed by atoms with Crippen LogP contribution in [0.15, 0.2) is 40.1 Å². The Morgan fingerprint density at radius 2 is 2.04 bits per heavy atom. The lowest BCUT2D eigenvalue weighted by atomic mass is 10.1. The standard InChI is InChI=1S/C18H19F3N2O5/c1-10-4-2-3-5-11(10)9-27-13-6-15(28-14(13)8-24)23-7-12(18(19,20)21)16(25)22-17(23)26/h2-5,7,13-15,24H,6,8-9H2,1H3,(H,22,25,26)/t13-,14+,15+/m0/s1. The van der Waals surface area contributed by atoms with Crippen LogP contribution < -0.4 is 11.2 Å². The highest BCUT2D eigenvalue weighted by Crippen LogP contribution is 2.32. The number of halogens is 3. The molecule has 7 nitrogen and oxygen atoms in total. The number of rotatable bonds is 5. The summed E-state index contributed by atoms with van der Waals surface area (Å²) < 4.78 is 50.9. The van der Waals surface area contributed by atoms with Crippen molar-refractivity contribution < 1.29 is 27.8 Å². The van der Waals surface area contributed by atoms with Crippen molar-refractivity contribution >= 4 is 0 Å². The van der Waals surface area contributed by atoms with Gasteiger partial charge in [-0.25, -0.2) is 4.79 Å². The Kier molecular flexibility index (Phi) is 5.73. The predicted octanol–water partition coefficient (Wildman–Crippen LogP) is 1.73. The van der Waals surface area contributed by atoms with Crippen LogP contribution in [0.1, 0.15) is 29.3 Å². The van der Waals surface area contributed by atoms with Gasteiger partial charge in [-0.05, 0) is 18.1 Å². The van der Waals surface area contributed by atoms with Crippen molar-refractivity contribution in [1.29, 1.82) is 0 Å². The number of aliphatic hydroxyl groups excluding tert-OH is 1. The number of hydrogen-bond donors (Lipinski definition) is 2. The Labute approximate surface area is 157 Å². The number of benzene rings is 1. The second kappa shape index (κ2) is 7.90. The zero-order valence-electron chi connectivity index (χ0n) is 14.9. The van der Waals surface area contributed by atoms with Crippen LogP contribution in [0, 0.1) is 6.92 Å². The first-order valence-corrected chi connectivity index (χ1v) is 8.55. The Morgan fingerprint density at radius 1 is 1.32 bits per heavy atom. The third-order valence-electron chi connectivity index (χ3n) is 4.66. The van der Waals surface area contributed by atoms with Crippen LogP contribution in [0.25, 0.3) is 0 Å². The predicted molar refractivity (Wildman–Crippen MR) is 91.7 cm³/mol. The molecular weight excluding hydrogens is 381 g/mol. The highest BCUT2D eigenvalue weighted by molar-refractivity contribution is 5.24. The molecule has 0 unspecified atom stereocenters. The number of alkyl halides is 3. The number of ether oxygens (including phenoxy) is 2. The number of nitrogens with one attached hydrogen (secondary N) is 1. The van der Waals surface area contributed by atoms with E-state index in [0.717, 1.165) is 11.1 Å². The van der Waals surface area contributed by atoms with Crippen molar-refractivity contribution in [3.63, 3.8) is 0 Å². The average Bonchev–Trinajstić information content (AvgIpc) is 3.03. The fourth-order valence-corrected chi connectivity index (χ4v) is 3.08. The van der Waals surface area contributed by atoms with Gasteiger partial charge in [0.2, 0.25) is 0 Å². The van der Waals surface area contributed by atoms with Gasteiger partial charge in [-0.1, -0.05) is 24.3 Å². The quantitative estimate of drug-likeness (QED) is 0.797. The molecule has 1 aliphatic heterocycles. The van der Waals surface area contributed by atoms with E-state index in [2.05, 4.69) is 0 Å². The summed E-state index contributed by atoms with van der Waals surface area (Å²) in [4.78, 5) is 25.1. The van der Waals surface area contributed by atoms with Crippen LogP contribution in [0.4, 0.5) is 13.2 Å². The van der Waals surface area contributed by atoms with Crippen molar-refractivity contribution in [1.82, 2.24) is 9.55 Å². The molecule has 2 heterocycles. The van der Waals surface area contributed by atoms with E-state index in [0.29, 0.717) is 10.8 Å². The maximum atomic E-state index is 13.0. The number of nitrogens with zero attached hydrogens (tertiary/aromatic N) is 1. The van der Waals surface area contributed by atoms with Crippen molar-refractivity contribution in [3.05, 3.63) is 68.0 Å². The largest absolute Gasteiger partial charge is 0.423 e. The first-order chi connectivity index (χ1) is 13.2. The molecular formula is C18H19F3N2O5. The number of aliphatic hydroxyl groups is 1. The van der Waals surface area contributed by atoms with E-state index < -0.39 is 48.0 Å². The first-order valence-electron chi connectivity index (χ1n) is 8.55. The molecule has 1 aromatic heterocycles. The second-order valence-electron chi connectivity index (χ2n) is 6.53. The van der Waals surface area contributed by atoms with Crippen LogP contribution >= 0.6 is 0 Å². The molecule has 0 amide bonds. The molecule has 28 heavy (non-hydrogen) atoms. The summed E-state index contributed by atoms with van der Waals surface area (Å²) >= 11 is 0. The fourth-order valence-electron chi connectivity index (χ4n) is 3.08. The molecule has 0 spiro atoms. The molecule has 0 aliphatic carbocycles. The number of hydrogen-bond acceptors (Lipinski definition) is 5. The minimum atomic E-state index is -4.92. The normalized spacial score (nSPS) is 22.5. The van der Waals surface area contributed by atoms with Crippen LogP contribution in [0.3, 0.4) is 0 Å². The van der Waals surface area contributed by atoms with Gasteiger partial charge >= 0.3 is 11.9 Å². The number of aryl methyl sites for hydroxylation is 1. The summed E-state index contributed by atoms with van der Waals surface area (Å²) in [6, 6.07) is 7.51. The third kappa shape index (κ3) is 4.18. The zero-order valence-corrected chi connectivity index (χ0v) is 14.9. The van der Waals surface area contributed by atoms with E-state index >= 15 is 0 Å². The van der Waals surface area contributed by atoms with Gasteiger partial charge < -0.3 is 14.6 Å². The minimum Gasteiger partial charge on any atom is -0.394 e. The molecule has 3 atom stereocenters. The molecule has 0 bridgehead atoms. The van der Waals surface area contributed by atoms with Gasteiger partial charge in [-0.3, -0.25) is 14.3 Å². The molecule has 3 rings (SSSR count). The van der Waals surface area contributed by atoms with Crippen molar-refractivity contribution in [2.24, 2.45) is 0 Å². The number of H-pyrrole nitrogens is 1. The summed E-state index contributed by atoms with van der Waals surface area (Å²) in [5, 5.41) is 9.52. The summed E-state index contributed by atoms with van der Waals surface area (Å²) in [5.74, 6) is 0. The lowest BCUT2D eigenvalue weighted by molar-refractivity contribution is -0.139. The van der Waals surface area contributed by atoms with Crippen molar-refractivity contribution in [2.45, 2.75) is 44.6 Å². The van der Waals surface area contributed by atoms with Gasteiger partial charge in [0.25, 0.3) is 5.56 Å². The highest BCUT2D eigenvalue weighted by atomic mass is 19.4. The van der Waals surface area contributed by atoms with Gasteiger partial charge in [-0.2, -0.15) is 13.2 Å². The second-order valence-corrected chi connectivity index (χ2v) is 6.53. The van der Waals surface area contributed by atoms with Crippen molar-refractivity contribution in [3.8, 4) is 0 Å². The molecule has 0 saturated carbocycles. The topological polar surface area (TPSA) is 93.6 Å². The Morgan fingerprint density at radius 3 is 2.68 bits per heavy atom. The molecule has 2 aromatic rings. The fraction of sp³-hybridized carbons (Fsp3) is 0.444. The first kappa shape index (κ1) is 20.3. The maximum Gasteiger partial charge on any atom is 0.423 e. The van der Waals surface area contributed by atoms with Crippen LogP contribution in [0.2, 0.25) is 0 Å². The summed E-state index contributed by atoms with van der Waals surface area (Å²) in [5.41, 5.74) is -2.12. The Bertz CT molecular complexity index is 953. The molecule has 0 radical (unpaired) electrons. The molecule has 1 saturated heterocycles. The van der Waals surface area contributed by atoms with Gasteiger partial charge in [0.15, 0.2) is 0 Å². The number of aromatic nitrogens is 2. The van der Waals surface area contributed by atoms with Gasteiger partial charge in [0, 0.05) is 12.6 Å². The monoisotopic (exact) mass is 400 g/mol. The lowest BCUT2D eigenvalue weighted by Crippen LogP contribution is -2.36. The average molecular weight is 400 g/mol. The lowest BCUT2D eigenvalue weighted by Gasteiger charge is -2.17. The Hall–Kier alpha value is -2.43. The molecule has 1 fully saturated rings. The van der Waals surface area contributed by atoms with E-state index in [1.54, 1.807) is 4.98 Å². The molecule has 2 N–H and O–H groups in total. The summed E-state index contributed by atoms with van der Waals surface area (Å²) in [6.07, 6.45) is -7.00. The maximum absolute atomic E-state index is 13.0. The molecule has 1 aliphatic rings. The smallest absolute Gasteiger partial charge is 0.394 e. The molecule has 10 heteroatoms. The molecule has 1 aromatic carbocycles. The van der Waals surface area contributed by atoms with Crippen LogP contribution in [-0.4, -0.2) is 33.5 Å². The highest BCUT2D eigenvalue weighted by Gasteiger charge is 2.40. The molecule has 152 valence electrons. The van der Waals surface area contributed by atoms with E-state index in [1.807, 2.05) is 31.2 Å². The number of aromatic amines is 1.